The van der Waals surface area contributed by atoms with Crippen molar-refractivity contribution in [2.45, 2.75) is 32.4 Å². The van der Waals surface area contributed by atoms with E-state index in [0.717, 1.165) is 12.2 Å². The molecule has 0 spiro atoms. The standard InChI is InChI=1S/C13H21NO2/c1-10(2)8-12(14)13(15)9-16-11-6-4-3-5-7-11/h3-7,10,12-13,15H,8-9,14H2,1-2H3. The molecule has 0 bridgehead atoms. The van der Waals surface area contributed by atoms with Crippen LogP contribution < -0.4 is 10.5 Å². The van der Waals surface area contributed by atoms with E-state index < -0.39 is 6.10 Å². The molecule has 3 nitrogen and oxygen atoms in total. The van der Waals surface area contributed by atoms with E-state index >= 15 is 0 Å². The molecule has 3 heteroatoms. The summed E-state index contributed by atoms with van der Waals surface area (Å²) in [7, 11) is 0. The molecule has 3 N–H and O–H groups in total. The van der Waals surface area contributed by atoms with E-state index in [0.29, 0.717) is 5.92 Å². The van der Waals surface area contributed by atoms with Crippen LogP contribution in [0.5, 0.6) is 5.75 Å². The van der Waals surface area contributed by atoms with Crippen molar-refractivity contribution in [1.29, 1.82) is 0 Å². The van der Waals surface area contributed by atoms with Gasteiger partial charge < -0.3 is 15.6 Å². The maximum atomic E-state index is 9.78. The third-order valence-electron chi connectivity index (χ3n) is 2.40. The first kappa shape index (κ1) is 13.0. The van der Waals surface area contributed by atoms with E-state index in [1.165, 1.54) is 0 Å². The summed E-state index contributed by atoms with van der Waals surface area (Å²) in [4.78, 5) is 0. The van der Waals surface area contributed by atoms with Crippen molar-refractivity contribution in [3.05, 3.63) is 30.3 Å². The molecule has 0 aliphatic heterocycles. The molecule has 1 aromatic carbocycles. The second-order valence-corrected chi connectivity index (χ2v) is 4.48. The summed E-state index contributed by atoms with van der Waals surface area (Å²) in [5.74, 6) is 1.25. The van der Waals surface area contributed by atoms with E-state index in [1.807, 2.05) is 30.3 Å². The molecular weight excluding hydrogens is 202 g/mol. The topological polar surface area (TPSA) is 55.5 Å². The van der Waals surface area contributed by atoms with E-state index in [2.05, 4.69) is 13.8 Å². The molecule has 0 aromatic heterocycles. The molecule has 0 amide bonds. The summed E-state index contributed by atoms with van der Waals surface area (Å²) in [5, 5.41) is 9.78. The average Bonchev–Trinajstić information content (AvgIpc) is 2.26. The Kier molecular flexibility index (Phi) is 5.29. The molecule has 0 aliphatic rings. The van der Waals surface area contributed by atoms with Gasteiger partial charge in [0, 0.05) is 6.04 Å². The first-order chi connectivity index (χ1) is 7.59. The highest BCUT2D eigenvalue weighted by molar-refractivity contribution is 5.20. The van der Waals surface area contributed by atoms with Gasteiger partial charge in [-0.15, -0.1) is 0 Å². The monoisotopic (exact) mass is 223 g/mol. The van der Waals surface area contributed by atoms with Gasteiger partial charge in [-0.3, -0.25) is 0 Å². The maximum Gasteiger partial charge on any atom is 0.119 e. The number of aliphatic hydroxyl groups excluding tert-OH is 1. The van der Waals surface area contributed by atoms with Crippen LogP contribution in [-0.4, -0.2) is 23.9 Å². The Hall–Kier alpha value is -1.06. The van der Waals surface area contributed by atoms with Gasteiger partial charge in [-0.2, -0.15) is 0 Å². The van der Waals surface area contributed by atoms with Crippen LogP contribution in [0.25, 0.3) is 0 Å². The number of benzene rings is 1. The van der Waals surface area contributed by atoms with Crippen LogP contribution in [0.15, 0.2) is 30.3 Å². The Labute approximate surface area is 97.2 Å². The van der Waals surface area contributed by atoms with E-state index in [9.17, 15) is 5.11 Å². The summed E-state index contributed by atoms with van der Waals surface area (Å²) >= 11 is 0. The SMILES string of the molecule is CC(C)CC(N)C(O)COc1ccccc1. The number of hydrogen-bond donors (Lipinski definition) is 2. The molecule has 0 radical (unpaired) electrons. The van der Waals surface area contributed by atoms with Crippen molar-refractivity contribution in [1.82, 2.24) is 0 Å². The van der Waals surface area contributed by atoms with Crippen LogP contribution in [0.4, 0.5) is 0 Å². The highest BCUT2D eigenvalue weighted by Gasteiger charge is 2.16. The minimum Gasteiger partial charge on any atom is -0.491 e. The first-order valence-electron chi connectivity index (χ1n) is 5.71. The van der Waals surface area contributed by atoms with Crippen LogP contribution in [0.2, 0.25) is 0 Å². The van der Waals surface area contributed by atoms with Gasteiger partial charge in [0.05, 0.1) is 0 Å². The molecule has 0 fully saturated rings. The lowest BCUT2D eigenvalue weighted by atomic mass is 10.0. The van der Waals surface area contributed by atoms with Gasteiger partial charge in [0.2, 0.25) is 0 Å². The molecule has 0 saturated heterocycles. The fourth-order valence-corrected chi connectivity index (χ4v) is 1.52. The van der Waals surface area contributed by atoms with Gasteiger partial charge in [-0.05, 0) is 24.5 Å². The van der Waals surface area contributed by atoms with E-state index in [1.54, 1.807) is 0 Å². The number of nitrogens with two attached hydrogens (primary N) is 1. The Bertz CT molecular complexity index is 287. The minimum atomic E-state index is -0.609. The molecule has 2 unspecified atom stereocenters. The predicted molar refractivity (Wildman–Crippen MR) is 65.4 cm³/mol. The Morgan fingerprint density at radius 2 is 1.88 bits per heavy atom. The van der Waals surface area contributed by atoms with Crippen LogP contribution in [0.3, 0.4) is 0 Å². The van der Waals surface area contributed by atoms with Crippen molar-refractivity contribution in [2.75, 3.05) is 6.61 Å². The molecule has 16 heavy (non-hydrogen) atoms. The van der Waals surface area contributed by atoms with Gasteiger partial charge >= 0.3 is 0 Å². The number of ether oxygens (including phenoxy) is 1. The lowest BCUT2D eigenvalue weighted by molar-refractivity contribution is 0.0788. The highest BCUT2D eigenvalue weighted by Crippen LogP contribution is 2.11. The van der Waals surface area contributed by atoms with Crippen LogP contribution >= 0.6 is 0 Å². The number of para-hydroxylation sites is 1. The van der Waals surface area contributed by atoms with Crippen LogP contribution in [0, 0.1) is 5.92 Å². The van der Waals surface area contributed by atoms with Crippen LogP contribution in [-0.2, 0) is 0 Å². The molecule has 1 rings (SSSR count). The zero-order valence-electron chi connectivity index (χ0n) is 9.97. The quantitative estimate of drug-likeness (QED) is 0.773. The first-order valence-corrected chi connectivity index (χ1v) is 5.71. The smallest absolute Gasteiger partial charge is 0.119 e. The minimum absolute atomic E-state index is 0.219. The molecule has 0 aliphatic carbocycles. The second kappa shape index (κ2) is 6.51. The fraction of sp³-hybridized carbons (Fsp3) is 0.538. The summed E-state index contributed by atoms with van der Waals surface area (Å²) in [6.45, 7) is 4.42. The lowest BCUT2D eigenvalue weighted by Crippen LogP contribution is -2.39. The third-order valence-corrected chi connectivity index (χ3v) is 2.40. The molecule has 90 valence electrons. The maximum absolute atomic E-state index is 9.78. The fourth-order valence-electron chi connectivity index (χ4n) is 1.52. The van der Waals surface area contributed by atoms with E-state index in [4.69, 9.17) is 10.5 Å². The van der Waals surface area contributed by atoms with E-state index in [-0.39, 0.29) is 12.6 Å². The largest absolute Gasteiger partial charge is 0.491 e. The predicted octanol–water partition coefficient (Wildman–Crippen LogP) is 1.80. The molecule has 2 atom stereocenters. The zero-order valence-corrected chi connectivity index (χ0v) is 9.97. The molecule has 0 saturated carbocycles. The number of rotatable bonds is 6. The summed E-state index contributed by atoms with van der Waals surface area (Å²) < 4.78 is 5.44. The molecular formula is C13H21NO2. The van der Waals surface area contributed by atoms with Crippen molar-refractivity contribution >= 4 is 0 Å². The van der Waals surface area contributed by atoms with Crippen molar-refractivity contribution in [3.63, 3.8) is 0 Å². The second-order valence-electron chi connectivity index (χ2n) is 4.48. The third kappa shape index (κ3) is 4.64. The van der Waals surface area contributed by atoms with Gasteiger partial charge in [-0.25, -0.2) is 0 Å². The zero-order chi connectivity index (χ0) is 12.0. The highest BCUT2D eigenvalue weighted by atomic mass is 16.5. The van der Waals surface area contributed by atoms with Gasteiger partial charge in [-0.1, -0.05) is 32.0 Å². The van der Waals surface area contributed by atoms with Crippen molar-refractivity contribution in [2.24, 2.45) is 11.7 Å². The Morgan fingerprint density at radius 1 is 1.25 bits per heavy atom. The molecule has 1 aromatic rings. The van der Waals surface area contributed by atoms with Crippen molar-refractivity contribution < 1.29 is 9.84 Å². The van der Waals surface area contributed by atoms with Gasteiger partial charge in [0.25, 0.3) is 0 Å². The average molecular weight is 223 g/mol. The molecule has 0 heterocycles. The Balaban J connectivity index is 2.32. The summed E-state index contributed by atoms with van der Waals surface area (Å²) in [5.41, 5.74) is 5.85. The van der Waals surface area contributed by atoms with Crippen molar-refractivity contribution in [3.8, 4) is 5.75 Å². The number of hydrogen-bond acceptors (Lipinski definition) is 3. The normalized spacial score (nSPS) is 14.8. The number of aliphatic hydroxyl groups is 1. The van der Waals surface area contributed by atoms with Gasteiger partial charge in [0.15, 0.2) is 0 Å². The van der Waals surface area contributed by atoms with Crippen LogP contribution in [0.1, 0.15) is 20.3 Å². The Morgan fingerprint density at radius 3 is 2.44 bits per heavy atom. The lowest BCUT2D eigenvalue weighted by Gasteiger charge is -2.20. The summed E-state index contributed by atoms with van der Waals surface area (Å²) in [6, 6.07) is 9.23. The van der Waals surface area contributed by atoms with Gasteiger partial charge in [0.1, 0.15) is 18.5 Å². The summed E-state index contributed by atoms with van der Waals surface area (Å²) in [6.07, 6.45) is 0.196.